The number of hydrogen-bond donors (Lipinski definition) is 2. The van der Waals surface area contributed by atoms with Gasteiger partial charge in [-0.1, -0.05) is 26.0 Å². The minimum absolute atomic E-state index is 0.194. The molecule has 4 heteroatoms. The molecule has 0 bridgehead atoms. The molecule has 0 saturated heterocycles. The van der Waals surface area contributed by atoms with E-state index in [4.69, 9.17) is 10.5 Å². The Balaban J connectivity index is 2.64. The van der Waals surface area contributed by atoms with E-state index in [9.17, 15) is 0 Å². The molecule has 1 rings (SSSR count). The summed E-state index contributed by atoms with van der Waals surface area (Å²) in [6.07, 6.45) is 3.55. The Hall–Kier alpha value is -1.03. The Bertz CT molecular complexity index is 334. The van der Waals surface area contributed by atoms with Gasteiger partial charge in [0.2, 0.25) is 0 Å². The summed E-state index contributed by atoms with van der Waals surface area (Å²) < 4.78 is 5.85. The van der Waals surface area contributed by atoms with Gasteiger partial charge in [-0.25, -0.2) is 4.99 Å². The summed E-state index contributed by atoms with van der Waals surface area (Å²) in [4.78, 5) is 4.29. The van der Waals surface area contributed by atoms with Crippen LogP contribution in [0.5, 0.6) is 0 Å². The van der Waals surface area contributed by atoms with Crippen LogP contribution in [-0.4, -0.2) is 31.3 Å². The highest BCUT2D eigenvalue weighted by atomic mass is 16.5. The lowest BCUT2D eigenvalue weighted by atomic mass is 9.58. The van der Waals surface area contributed by atoms with Crippen molar-refractivity contribution in [3.63, 3.8) is 0 Å². The van der Waals surface area contributed by atoms with Crippen LogP contribution >= 0.6 is 0 Å². The normalized spacial score (nSPS) is 25.8. The number of ether oxygens (including phenoxy) is 1. The summed E-state index contributed by atoms with van der Waals surface area (Å²) in [6.45, 7) is 13.7. The number of hydrogen-bond acceptors (Lipinski definition) is 2. The van der Waals surface area contributed by atoms with Crippen molar-refractivity contribution in [3.8, 4) is 0 Å². The first kappa shape index (κ1) is 16.0. The van der Waals surface area contributed by atoms with Crippen molar-refractivity contribution < 1.29 is 4.74 Å². The summed E-state index contributed by atoms with van der Waals surface area (Å²) in [6, 6.07) is 0.368. The largest absolute Gasteiger partial charge is 0.378 e. The fourth-order valence-corrected chi connectivity index (χ4v) is 3.03. The van der Waals surface area contributed by atoms with Gasteiger partial charge in [0.25, 0.3) is 0 Å². The Morgan fingerprint density at radius 1 is 1.42 bits per heavy atom. The molecule has 1 aliphatic rings. The third kappa shape index (κ3) is 3.50. The molecule has 0 aromatic carbocycles. The second-order valence-corrected chi connectivity index (χ2v) is 5.48. The van der Waals surface area contributed by atoms with Crippen LogP contribution in [0.1, 0.15) is 47.0 Å². The van der Waals surface area contributed by atoms with E-state index in [2.05, 4.69) is 37.7 Å². The van der Waals surface area contributed by atoms with Gasteiger partial charge in [-0.2, -0.15) is 0 Å². The zero-order valence-electron chi connectivity index (χ0n) is 12.8. The van der Waals surface area contributed by atoms with E-state index in [1.54, 1.807) is 0 Å². The SMILES string of the molecule is C=C(C)CN=C(N)NC1CC(OCC)C1(CC)CC. The fourth-order valence-electron chi connectivity index (χ4n) is 3.03. The molecule has 0 radical (unpaired) electrons. The van der Waals surface area contributed by atoms with Gasteiger partial charge >= 0.3 is 0 Å². The summed E-state index contributed by atoms with van der Waals surface area (Å²) in [5.74, 6) is 0.522. The number of rotatable bonds is 7. The number of nitrogens with two attached hydrogens (primary N) is 1. The van der Waals surface area contributed by atoms with Gasteiger partial charge in [-0.05, 0) is 33.1 Å². The van der Waals surface area contributed by atoms with Gasteiger partial charge < -0.3 is 15.8 Å². The zero-order valence-corrected chi connectivity index (χ0v) is 12.8. The van der Waals surface area contributed by atoms with Crippen molar-refractivity contribution in [2.45, 2.75) is 59.1 Å². The van der Waals surface area contributed by atoms with E-state index in [1.165, 1.54) is 0 Å². The maximum atomic E-state index is 5.94. The average molecular weight is 267 g/mol. The molecule has 2 atom stereocenters. The highest BCUT2D eigenvalue weighted by Crippen LogP contribution is 2.48. The quantitative estimate of drug-likeness (QED) is 0.423. The number of guanidine groups is 1. The molecule has 3 N–H and O–H groups in total. The maximum absolute atomic E-state index is 5.94. The highest BCUT2D eigenvalue weighted by molar-refractivity contribution is 5.78. The molecule has 4 nitrogen and oxygen atoms in total. The minimum Gasteiger partial charge on any atom is -0.378 e. The zero-order chi connectivity index (χ0) is 14.5. The molecule has 0 amide bonds. The molecular formula is C15H29N3O. The molecule has 1 fully saturated rings. The maximum Gasteiger partial charge on any atom is 0.189 e. The first-order valence-electron chi connectivity index (χ1n) is 7.32. The molecule has 2 unspecified atom stereocenters. The summed E-state index contributed by atoms with van der Waals surface area (Å²) in [5, 5.41) is 3.36. The van der Waals surface area contributed by atoms with E-state index < -0.39 is 0 Å². The molecule has 110 valence electrons. The van der Waals surface area contributed by atoms with Crippen LogP contribution in [0, 0.1) is 5.41 Å². The first-order chi connectivity index (χ1) is 9.00. The van der Waals surface area contributed by atoms with Crippen molar-refractivity contribution in [2.75, 3.05) is 13.2 Å². The second-order valence-electron chi connectivity index (χ2n) is 5.48. The van der Waals surface area contributed by atoms with Crippen LogP contribution in [0.25, 0.3) is 0 Å². The van der Waals surface area contributed by atoms with E-state index in [-0.39, 0.29) is 5.41 Å². The van der Waals surface area contributed by atoms with Crippen LogP contribution in [0.4, 0.5) is 0 Å². The van der Waals surface area contributed by atoms with Crippen molar-refractivity contribution in [1.29, 1.82) is 0 Å². The van der Waals surface area contributed by atoms with E-state index in [0.717, 1.165) is 31.4 Å². The van der Waals surface area contributed by atoms with Crippen molar-refractivity contribution in [3.05, 3.63) is 12.2 Å². The Morgan fingerprint density at radius 3 is 2.53 bits per heavy atom. The van der Waals surface area contributed by atoms with Crippen LogP contribution in [0.3, 0.4) is 0 Å². The smallest absolute Gasteiger partial charge is 0.189 e. The Labute approximate surface area is 117 Å². The molecule has 1 saturated carbocycles. The van der Waals surface area contributed by atoms with Crippen LogP contribution < -0.4 is 11.1 Å². The van der Waals surface area contributed by atoms with E-state index >= 15 is 0 Å². The lowest BCUT2D eigenvalue weighted by Crippen LogP contribution is -2.65. The van der Waals surface area contributed by atoms with E-state index in [1.807, 2.05) is 6.92 Å². The number of aliphatic imine (C=N–C) groups is 1. The van der Waals surface area contributed by atoms with Gasteiger partial charge in [0.15, 0.2) is 5.96 Å². The Morgan fingerprint density at radius 2 is 2.05 bits per heavy atom. The summed E-state index contributed by atoms with van der Waals surface area (Å²) in [7, 11) is 0. The highest BCUT2D eigenvalue weighted by Gasteiger charge is 2.53. The second kappa shape index (κ2) is 6.94. The Kier molecular flexibility index (Phi) is 5.85. The third-order valence-corrected chi connectivity index (χ3v) is 4.31. The monoisotopic (exact) mass is 267 g/mol. The summed E-state index contributed by atoms with van der Waals surface area (Å²) >= 11 is 0. The van der Waals surface area contributed by atoms with Gasteiger partial charge in [-0.3, -0.25) is 0 Å². The lowest BCUT2D eigenvalue weighted by Gasteiger charge is -2.55. The fraction of sp³-hybridized carbons (Fsp3) is 0.800. The van der Waals surface area contributed by atoms with Crippen molar-refractivity contribution in [2.24, 2.45) is 16.1 Å². The van der Waals surface area contributed by atoms with Crippen molar-refractivity contribution in [1.82, 2.24) is 5.32 Å². The molecule has 1 aliphatic carbocycles. The lowest BCUT2D eigenvalue weighted by molar-refractivity contribution is -0.133. The predicted molar refractivity (Wildman–Crippen MR) is 81.3 cm³/mol. The van der Waals surface area contributed by atoms with Crippen LogP contribution in [0.2, 0.25) is 0 Å². The predicted octanol–water partition coefficient (Wildman–Crippen LogP) is 2.45. The van der Waals surface area contributed by atoms with E-state index in [0.29, 0.717) is 24.7 Å². The van der Waals surface area contributed by atoms with Crippen LogP contribution in [0.15, 0.2) is 17.1 Å². The minimum atomic E-state index is 0.194. The van der Waals surface area contributed by atoms with Crippen LogP contribution in [-0.2, 0) is 4.74 Å². The average Bonchev–Trinajstić information content (AvgIpc) is 2.36. The van der Waals surface area contributed by atoms with Gasteiger partial charge in [0.1, 0.15) is 0 Å². The molecular weight excluding hydrogens is 238 g/mol. The molecule has 0 aromatic heterocycles. The topological polar surface area (TPSA) is 59.6 Å². The van der Waals surface area contributed by atoms with Gasteiger partial charge in [-0.15, -0.1) is 0 Å². The number of nitrogens with zero attached hydrogens (tertiary/aromatic N) is 1. The van der Waals surface area contributed by atoms with Crippen molar-refractivity contribution >= 4 is 5.96 Å². The molecule has 0 spiro atoms. The third-order valence-electron chi connectivity index (χ3n) is 4.31. The first-order valence-corrected chi connectivity index (χ1v) is 7.32. The molecule has 0 heterocycles. The summed E-state index contributed by atoms with van der Waals surface area (Å²) in [5.41, 5.74) is 7.15. The molecule has 0 aliphatic heterocycles. The van der Waals surface area contributed by atoms with Gasteiger partial charge in [0.05, 0.1) is 12.6 Å². The molecule has 19 heavy (non-hydrogen) atoms. The number of nitrogens with one attached hydrogen (secondary N) is 1. The van der Waals surface area contributed by atoms with Gasteiger partial charge in [0, 0.05) is 18.1 Å². The standard InChI is InChI=1S/C15H29N3O/c1-6-15(7-2)12(9-13(15)19-8-3)18-14(16)17-10-11(4)5/h12-13H,4,6-10H2,1-3,5H3,(H3,16,17,18). The molecule has 0 aromatic rings.